The van der Waals surface area contributed by atoms with Crippen molar-refractivity contribution in [1.82, 2.24) is 0 Å². The van der Waals surface area contributed by atoms with Gasteiger partial charge in [-0.1, -0.05) is 54.6 Å². The Morgan fingerprint density at radius 1 is 0.708 bits per heavy atom. The van der Waals surface area contributed by atoms with Gasteiger partial charge in [0.1, 0.15) is 6.71 Å². The zero-order chi connectivity index (χ0) is 18.0. The average Bonchev–Trinajstić information content (AvgIpc) is 2.57. The van der Waals surface area contributed by atoms with Gasteiger partial charge in [-0.3, -0.25) is 0 Å². The predicted molar refractivity (Wildman–Crippen MR) is 107 cm³/mol. The molecular formula is C15H38B4O3Y2-2. The Labute approximate surface area is 205 Å². The van der Waals surface area contributed by atoms with Gasteiger partial charge in [-0.2, -0.15) is 13.3 Å². The van der Waals surface area contributed by atoms with Crippen LogP contribution in [0.25, 0.3) is 0 Å². The van der Waals surface area contributed by atoms with E-state index in [4.69, 9.17) is 13.7 Å². The van der Waals surface area contributed by atoms with E-state index < -0.39 is 0 Å². The molecule has 2 radical (unpaired) electrons. The van der Waals surface area contributed by atoms with E-state index in [0.717, 1.165) is 32.1 Å². The normalized spacial score (nSPS) is 12.0. The summed E-state index contributed by atoms with van der Waals surface area (Å²) in [7, 11) is -0.226. The first-order chi connectivity index (χ1) is 10.5. The molecule has 0 N–H and O–H groups in total. The molecule has 0 spiro atoms. The van der Waals surface area contributed by atoms with Gasteiger partial charge in [0.2, 0.25) is 0 Å². The van der Waals surface area contributed by atoms with Crippen LogP contribution in [0.15, 0.2) is 0 Å². The minimum absolute atomic E-state index is 0. The maximum Gasteiger partial charge on any atom is 0.429 e. The monoisotopic (exact) mass is 488 g/mol. The molecule has 0 aliphatic carbocycles. The zero-order valence-electron chi connectivity index (χ0n) is 17.6. The van der Waals surface area contributed by atoms with E-state index in [-0.39, 0.29) is 86.8 Å². The molecule has 0 amide bonds. The Kier molecular flexibility index (Phi) is 46.6. The van der Waals surface area contributed by atoms with E-state index in [1.165, 1.54) is 6.32 Å². The summed E-state index contributed by atoms with van der Waals surface area (Å²) < 4.78 is 16.4. The zero-order valence-corrected chi connectivity index (χ0v) is 23.3. The molecule has 0 aromatic rings. The maximum absolute atomic E-state index is 5.47. The van der Waals surface area contributed by atoms with Crippen LogP contribution in [-0.2, 0) is 79.1 Å². The van der Waals surface area contributed by atoms with Gasteiger partial charge in [0.05, 0.1) is 0 Å². The number of rotatable bonds is 4. The molecule has 0 saturated carbocycles. The van der Waals surface area contributed by atoms with Gasteiger partial charge in [0, 0.05) is 65.4 Å². The van der Waals surface area contributed by atoms with Crippen LogP contribution in [0.2, 0.25) is 38.9 Å². The third-order valence-corrected chi connectivity index (χ3v) is 2.73. The minimum Gasteiger partial charge on any atom is -0.453 e. The van der Waals surface area contributed by atoms with Crippen LogP contribution >= 0.6 is 0 Å². The summed E-state index contributed by atoms with van der Waals surface area (Å²) in [6.45, 7) is 24.2. The van der Waals surface area contributed by atoms with Gasteiger partial charge in [-0.05, 0) is 19.0 Å². The summed E-state index contributed by atoms with van der Waals surface area (Å²) >= 11 is 0. The number of hydrogen-bond donors (Lipinski definition) is 0. The first kappa shape index (κ1) is 37.1. The molecule has 1 aliphatic heterocycles. The van der Waals surface area contributed by atoms with Crippen molar-refractivity contribution >= 4 is 28.1 Å². The Morgan fingerprint density at radius 3 is 0.958 bits per heavy atom. The van der Waals surface area contributed by atoms with Gasteiger partial charge >= 0.3 is 21.4 Å². The van der Waals surface area contributed by atoms with Crippen LogP contribution in [0.3, 0.4) is 0 Å². The molecular weight excluding hydrogens is 449 g/mol. The van der Waals surface area contributed by atoms with Gasteiger partial charge in [0.15, 0.2) is 0 Å². The Morgan fingerprint density at radius 2 is 0.875 bits per heavy atom. The molecule has 1 heterocycles. The minimum atomic E-state index is -0.0753. The second kappa shape index (κ2) is 30.1. The van der Waals surface area contributed by atoms with Crippen LogP contribution in [-0.4, -0.2) is 28.1 Å². The third kappa shape index (κ3) is 26.6. The van der Waals surface area contributed by atoms with E-state index in [1.54, 1.807) is 6.92 Å². The molecule has 1 fully saturated rings. The molecule has 1 aliphatic rings. The van der Waals surface area contributed by atoms with Crippen molar-refractivity contribution in [3.8, 4) is 0 Å². The topological polar surface area (TPSA) is 27.7 Å². The quantitative estimate of drug-likeness (QED) is 0.393. The molecule has 1 rings (SSSR count). The summed E-state index contributed by atoms with van der Waals surface area (Å²) in [4.78, 5) is 0. The van der Waals surface area contributed by atoms with E-state index in [9.17, 15) is 0 Å². The fourth-order valence-electron chi connectivity index (χ4n) is 1.18. The Balaban J connectivity index is -0.0000000856. The fraction of sp³-hybridized carbons (Fsp3) is 0.867. The first-order valence-electron chi connectivity index (χ1n) is 8.94. The summed E-state index contributed by atoms with van der Waals surface area (Å²) in [5.74, 6) is 0. The largest absolute Gasteiger partial charge is 0.453 e. The molecule has 136 valence electrons. The SMILES string of the molecule is CCB(C)C.CCB1OB(CC)OB(CC)O1.[CH2-]C.[CH2-]CC.[Y].[Y]. The molecule has 24 heavy (non-hydrogen) atoms. The van der Waals surface area contributed by atoms with Crippen LogP contribution in [0, 0.1) is 13.8 Å². The molecule has 0 aromatic carbocycles. The smallest absolute Gasteiger partial charge is 0.429 e. The predicted octanol–water partition coefficient (Wildman–Crippen LogP) is 5.40. The molecule has 0 atom stereocenters. The molecule has 9 heteroatoms. The van der Waals surface area contributed by atoms with Crippen molar-refractivity contribution in [2.24, 2.45) is 0 Å². The Bertz CT molecular complexity index is 178. The second-order valence-electron chi connectivity index (χ2n) is 5.22. The molecule has 0 aromatic heterocycles. The van der Waals surface area contributed by atoms with Gasteiger partial charge in [-0.25, -0.2) is 0 Å². The van der Waals surface area contributed by atoms with E-state index >= 15 is 0 Å². The van der Waals surface area contributed by atoms with Crippen LogP contribution in [0.5, 0.6) is 0 Å². The summed E-state index contributed by atoms with van der Waals surface area (Å²) in [5, 5.41) is 0. The van der Waals surface area contributed by atoms with Gasteiger partial charge in [0.25, 0.3) is 0 Å². The van der Waals surface area contributed by atoms with Crippen molar-refractivity contribution in [3.63, 3.8) is 0 Å². The maximum atomic E-state index is 5.47. The van der Waals surface area contributed by atoms with Gasteiger partial charge < -0.3 is 27.6 Å². The molecule has 3 nitrogen and oxygen atoms in total. The summed E-state index contributed by atoms with van der Waals surface area (Å²) in [6.07, 6.45) is 4.96. The van der Waals surface area contributed by atoms with E-state index in [1.807, 2.05) is 6.92 Å². The van der Waals surface area contributed by atoms with Gasteiger partial charge in [-0.15, -0.1) is 0 Å². The standard InChI is InChI=1S/C6H15B3O3.C4H11B.C3H7.C2H5.2Y/c1-4-7-10-8(5-2)12-9(6-3)11-7;1-4-5(2)3;1-3-2;1-2;;/h4-6H2,1-3H3;4H2,1-3H3;1,3H2,2H3;1H2,2H3;;/q;;2*-1;;. The van der Waals surface area contributed by atoms with E-state index in [0.29, 0.717) is 0 Å². The van der Waals surface area contributed by atoms with Crippen molar-refractivity contribution < 1.29 is 79.1 Å². The van der Waals surface area contributed by atoms with Crippen molar-refractivity contribution in [3.05, 3.63) is 13.8 Å². The average molecular weight is 488 g/mol. The summed E-state index contributed by atoms with van der Waals surface area (Å²) in [6, 6.07) is 0. The van der Waals surface area contributed by atoms with Crippen molar-refractivity contribution in [2.75, 3.05) is 0 Å². The van der Waals surface area contributed by atoms with Crippen LogP contribution in [0.1, 0.15) is 48.0 Å². The molecule has 0 unspecified atom stereocenters. The van der Waals surface area contributed by atoms with Crippen molar-refractivity contribution in [1.29, 1.82) is 0 Å². The Hall–Kier alpha value is 2.35. The third-order valence-electron chi connectivity index (χ3n) is 2.73. The van der Waals surface area contributed by atoms with Crippen LogP contribution in [0.4, 0.5) is 0 Å². The van der Waals surface area contributed by atoms with E-state index in [2.05, 4.69) is 55.2 Å². The summed E-state index contributed by atoms with van der Waals surface area (Å²) in [5.41, 5.74) is 0. The first-order valence-corrected chi connectivity index (χ1v) is 8.94. The van der Waals surface area contributed by atoms with Crippen molar-refractivity contribution in [2.45, 2.75) is 86.9 Å². The van der Waals surface area contributed by atoms with Crippen LogP contribution < -0.4 is 0 Å². The fourth-order valence-corrected chi connectivity index (χ4v) is 1.18. The number of hydrogen-bond acceptors (Lipinski definition) is 3. The molecule has 1 saturated heterocycles. The molecule has 0 bridgehead atoms. The second-order valence-corrected chi connectivity index (χ2v) is 5.22.